The minimum atomic E-state index is 0.476. The first kappa shape index (κ1) is 15.3. The van der Waals surface area contributed by atoms with Gasteiger partial charge in [0.15, 0.2) is 0 Å². The lowest BCUT2D eigenvalue weighted by atomic mass is 10.1. The fraction of sp³-hybridized carbons (Fsp3) is 0.600. The first-order chi connectivity index (χ1) is 8.45. The molecule has 0 saturated heterocycles. The van der Waals surface area contributed by atoms with Crippen LogP contribution in [0, 0.1) is 5.92 Å². The molecule has 0 saturated carbocycles. The predicted molar refractivity (Wildman–Crippen MR) is 81.5 cm³/mol. The molecule has 1 aromatic carbocycles. The molecule has 0 aliphatic heterocycles. The summed E-state index contributed by atoms with van der Waals surface area (Å²) < 4.78 is 0. The number of hydrogen-bond donors (Lipinski definition) is 1. The summed E-state index contributed by atoms with van der Waals surface area (Å²) in [6.07, 6.45) is 0.838. The van der Waals surface area contributed by atoms with Crippen molar-refractivity contribution in [1.29, 1.82) is 0 Å². The standard InChI is InChI=1S/C15H25ClN2/c1-11(2)10-18(12(3)4)14-6-5-13(7-8-17)15(16)9-14/h5-6,9,11-12H,7-8,10,17H2,1-4H3. The molecule has 2 N–H and O–H groups in total. The van der Waals surface area contributed by atoms with Gasteiger partial charge in [0.05, 0.1) is 0 Å². The number of benzene rings is 1. The van der Waals surface area contributed by atoms with Gasteiger partial charge in [-0.05, 0) is 50.4 Å². The molecule has 0 unspecified atom stereocenters. The molecule has 0 spiro atoms. The molecule has 1 aromatic rings. The van der Waals surface area contributed by atoms with Gasteiger partial charge in [0.1, 0.15) is 0 Å². The lowest BCUT2D eigenvalue weighted by Crippen LogP contribution is -2.34. The maximum absolute atomic E-state index is 6.31. The largest absolute Gasteiger partial charge is 0.369 e. The first-order valence-electron chi connectivity index (χ1n) is 6.70. The second kappa shape index (κ2) is 7.01. The van der Waals surface area contributed by atoms with Gasteiger partial charge in [0.25, 0.3) is 0 Å². The van der Waals surface area contributed by atoms with Crippen LogP contribution in [0.3, 0.4) is 0 Å². The summed E-state index contributed by atoms with van der Waals surface area (Å²) in [6, 6.07) is 6.79. The fourth-order valence-corrected chi connectivity index (χ4v) is 2.35. The molecule has 2 nitrogen and oxygen atoms in total. The SMILES string of the molecule is CC(C)CN(c1ccc(CCN)c(Cl)c1)C(C)C. The summed E-state index contributed by atoms with van der Waals surface area (Å²) in [6.45, 7) is 10.6. The van der Waals surface area contributed by atoms with Crippen molar-refractivity contribution in [2.24, 2.45) is 11.7 Å². The topological polar surface area (TPSA) is 29.3 Å². The van der Waals surface area contributed by atoms with Gasteiger partial charge in [-0.1, -0.05) is 31.5 Å². The number of nitrogens with zero attached hydrogens (tertiary/aromatic N) is 1. The zero-order valence-corrected chi connectivity index (χ0v) is 12.7. The number of rotatable bonds is 6. The molecule has 0 fully saturated rings. The van der Waals surface area contributed by atoms with Crippen molar-refractivity contribution in [3.05, 3.63) is 28.8 Å². The lowest BCUT2D eigenvalue weighted by Gasteiger charge is -2.31. The first-order valence-corrected chi connectivity index (χ1v) is 7.08. The van der Waals surface area contributed by atoms with E-state index in [4.69, 9.17) is 17.3 Å². The van der Waals surface area contributed by atoms with Crippen LogP contribution in [0.4, 0.5) is 5.69 Å². The van der Waals surface area contributed by atoms with Crippen molar-refractivity contribution >= 4 is 17.3 Å². The summed E-state index contributed by atoms with van der Waals surface area (Å²) in [4.78, 5) is 2.39. The summed E-state index contributed by atoms with van der Waals surface area (Å²) in [5.74, 6) is 0.634. The third-order valence-corrected chi connectivity index (χ3v) is 3.32. The Labute approximate surface area is 116 Å². The van der Waals surface area contributed by atoms with Crippen LogP contribution in [0.5, 0.6) is 0 Å². The van der Waals surface area contributed by atoms with E-state index in [2.05, 4.69) is 50.8 Å². The Morgan fingerprint density at radius 2 is 1.89 bits per heavy atom. The molecule has 0 atom stereocenters. The molecule has 3 heteroatoms. The van der Waals surface area contributed by atoms with Gasteiger partial charge < -0.3 is 10.6 Å². The fourth-order valence-electron chi connectivity index (χ4n) is 2.08. The Morgan fingerprint density at radius 1 is 1.22 bits per heavy atom. The highest BCUT2D eigenvalue weighted by atomic mass is 35.5. The molecule has 18 heavy (non-hydrogen) atoms. The number of halogens is 1. The smallest absolute Gasteiger partial charge is 0.0459 e. The van der Waals surface area contributed by atoms with Gasteiger partial charge >= 0.3 is 0 Å². The van der Waals surface area contributed by atoms with Crippen LogP contribution >= 0.6 is 11.6 Å². The molecular weight excluding hydrogens is 244 g/mol. The summed E-state index contributed by atoms with van der Waals surface area (Å²) in [5, 5.41) is 0.826. The number of anilines is 1. The third kappa shape index (κ3) is 4.18. The Kier molecular flexibility index (Phi) is 5.97. The van der Waals surface area contributed by atoms with Crippen LogP contribution in [-0.4, -0.2) is 19.1 Å². The molecule has 0 aliphatic carbocycles. The van der Waals surface area contributed by atoms with Gasteiger partial charge in [-0.25, -0.2) is 0 Å². The molecule has 0 aromatic heterocycles. The van der Waals surface area contributed by atoms with Gasteiger partial charge in [-0.2, -0.15) is 0 Å². The zero-order valence-electron chi connectivity index (χ0n) is 11.9. The van der Waals surface area contributed by atoms with Crippen molar-refractivity contribution in [2.45, 2.75) is 40.2 Å². The molecule has 1 rings (SSSR count). The van der Waals surface area contributed by atoms with E-state index in [0.717, 1.165) is 23.6 Å². The molecule has 0 aliphatic rings. The van der Waals surface area contributed by atoms with Crippen LogP contribution in [-0.2, 0) is 6.42 Å². The predicted octanol–water partition coefficient (Wildman–Crippen LogP) is 3.71. The minimum absolute atomic E-state index is 0.476. The lowest BCUT2D eigenvalue weighted by molar-refractivity contribution is 0.571. The van der Waals surface area contributed by atoms with E-state index >= 15 is 0 Å². The third-order valence-electron chi connectivity index (χ3n) is 2.97. The molecule has 102 valence electrons. The van der Waals surface area contributed by atoms with Crippen molar-refractivity contribution in [3.8, 4) is 0 Å². The minimum Gasteiger partial charge on any atom is -0.369 e. The van der Waals surface area contributed by atoms with Crippen molar-refractivity contribution in [1.82, 2.24) is 0 Å². The highest BCUT2D eigenvalue weighted by Crippen LogP contribution is 2.26. The summed E-state index contributed by atoms with van der Waals surface area (Å²) in [5.41, 5.74) is 7.91. The number of nitrogens with two attached hydrogens (primary N) is 1. The van der Waals surface area contributed by atoms with Gasteiger partial charge in [-0.15, -0.1) is 0 Å². The monoisotopic (exact) mass is 268 g/mol. The van der Waals surface area contributed by atoms with E-state index in [1.54, 1.807) is 0 Å². The zero-order chi connectivity index (χ0) is 13.7. The van der Waals surface area contributed by atoms with Crippen molar-refractivity contribution in [2.75, 3.05) is 18.0 Å². The molecule has 0 amide bonds. The van der Waals surface area contributed by atoms with E-state index in [-0.39, 0.29) is 0 Å². The van der Waals surface area contributed by atoms with Gasteiger partial charge in [0, 0.05) is 23.3 Å². The average Bonchev–Trinajstić information content (AvgIpc) is 2.28. The summed E-state index contributed by atoms with van der Waals surface area (Å²) in [7, 11) is 0. The maximum atomic E-state index is 6.31. The van der Waals surface area contributed by atoms with Crippen LogP contribution in [0.25, 0.3) is 0 Å². The normalized spacial score (nSPS) is 11.3. The molecular formula is C15H25ClN2. The van der Waals surface area contributed by atoms with Crippen LogP contribution in [0.15, 0.2) is 18.2 Å². The Balaban J connectivity index is 2.95. The van der Waals surface area contributed by atoms with E-state index in [1.807, 2.05) is 0 Å². The number of hydrogen-bond acceptors (Lipinski definition) is 2. The molecule has 0 radical (unpaired) electrons. The van der Waals surface area contributed by atoms with Gasteiger partial charge in [-0.3, -0.25) is 0 Å². The Hall–Kier alpha value is -0.730. The van der Waals surface area contributed by atoms with E-state index in [9.17, 15) is 0 Å². The Bertz CT molecular complexity index is 375. The highest BCUT2D eigenvalue weighted by Gasteiger charge is 2.13. The quantitative estimate of drug-likeness (QED) is 0.852. The van der Waals surface area contributed by atoms with E-state index in [1.165, 1.54) is 5.69 Å². The molecule has 0 heterocycles. The Morgan fingerprint density at radius 3 is 2.33 bits per heavy atom. The van der Waals surface area contributed by atoms with Crippen LogP contribution < -0.4 is 10.6 Å². The molecule has 0 bridgehead atoms. The second-order valence-corrected chi connectivity index (χ2v) is 5.86. The van der Waals surface area contributed by atoms with E-state index in [0.29, 0.717) is 18.5 Å². The van der Waals surface area contributed by atoms with Crippen LogP contribution in [0.1, 0.15) is 33.3 Å². The maximum Gasteiger partial charge on any atom is 0.0459 e. The van der Waals surface area contributed by atoms with Crippen LogP contribution in [0.2, 0.25) is 5.02 Å². The van der Waals surface area contributed by atoms with Gasteiger partial charge in [0.2, 0.25) is 0 Å². The highest BCUT2D eigenvalue weighted by molar-refractivity contribution is 6.31. The average molecular weight is 269 g/mol. The second-order valence-electron chi connectivity index (χ2n) is 5.45. The van der Waals surface area contributed by atoms with Crippen molar-refractivity contribution < 1.29 is 0 Å². The van der Waals surface area contributed by atoms with Crippen molar-refractivity contribution in [3.63, 3.8) is 0 Å². The van der Waals surface area contributed by atoms with E-state index < -0.39 is 0 Å². The summed E-state index contributed by atoms with van der Waals surface area (Å²) >= 11 is 6.31.